The van der Waals surface area contributed by atoms with Gasteiger partial charge < -0.3 is 15.8 Å². The van der Waals surface area contributed by atoms with E-state index in [0.29, 0.717) is 0 Å². The van der Waals surface area contributed by atoms with Crippen molar-refractivity contribution in [2.75, 3.05) is 5.32 Å². The van der Waals surface area contributed by atoms with E-state index in [1.54, 1.807) is 6.20 Å². The third kappa shape index (κ3) is 3.57. The van der Waals surface area contributed by atoms with Gasteiger partial charge in [0, 0.05) is 12.4 Å². The highest BCUT2D eigenvalue weighted by atomic mass is 35.5. The number of alkyl halides is 3. The molecule has 5 nitrogen and oxygen atoms in total. The Bertz CT molecular complexity index is 721. The van der Waals surface area contributed by atoms with Crippen LogP contribution in [0.25, 0.3) is 0 Å². The third-order valence-corrected chi connectivity index (χ3v) is 4.71. The number of nitrogens with two attached hydrogens (primary N) is 1. The number of rotatable bonds is 4. The summed E-state index contributed by atoms with van der Waals surface area (Å²) in [7, 11) is 0. The first-order valence-electron chi connectivity index (χ1n) is 6.61. The molecular formula is C13H12ClF3N4OS. The van der Waals surface area contributed by atoms with Crippen molar-refractivity contribution < 1.29 is 17.9 Å². The molecule has 3 N–H and O–H groups in total. The summed E-state index contributed by atoms with van der Waals surface area (Å²) in [4.78, 5) is 8.88. The van der Waals surface area contributed by atoms with E-state index in [-0.39, 0.29) is 18.0 Å². The number of ether oxygens (including phenoxy) is 1. The summed E-state index contributed by atoms with van der Waals surface area (Å²) in [5.41, 5.74) is 4.80. The number of halogens is 4. The minimum absolute atomic E-state index is 0.0474. The van der Waals surface area contributed by atoms with Crippen molar-refractivity contribution in [3.05, 3.63) is 38.9 Å². The molecule has 0 radical (unpaired) electrons. The largest absolute Gasteiger partial charge is 0.418 e. The zero-order valence-electron chi connectivity index (χ0n) is 11.8. The topological polar surface area (TPSA) is 76.4 Å². The number of pyridine rings is 1. The first kappa shape index (κ1) is 16.4. The Hall–Kier alpha value is -1.42. The van der Waals surface area contributed by atoms with Gasteiger partial charge in [0.05, 0.1) is 21.5 Å². The van der Waals surface area contributed by atoms with Gasteiger partial charge in [-0.15, -0.1) is 11.3 Å². The lowest BCUT2D eigenvalue weighted by atomic mass is 10.2. The predicted octanol–water partition coefficient (Wildman–Crippen LogP) is 3.74. The number of hydrogen-bond acceptors (Lipinski definition) is 6. The molecule has 1 saturated heterocycles. The van der Waals surface area contributed by atoms with Crippen molar-refractivity contribution in [3.8, 4) is 0 Å². The average Bonchev–Trinajstić information content (AvgIpc) is 3.03. The van der Waals surface area contributed by atoms with Crippen LogP contribution in [-0.2, 0) is 10.9 Å². The Morgan fingerprint density at radius 1 is 1.39 bits per heavy atom. The van der Waals surface area contributed by atoms with Crippen LogP contribution in [0.2, 0.25) is 5.02 Å². The van der Waals surface area contributed by atoms with Gasteiger partial charge in [0.2, 0.25) is 0 Å². The van der Waals surface area contributed by atoms with Crippen LogP contribution < -0.4 is 11.1 Å². The summed E-state index contributed by atoms with van der Waals surface area (Å²) in [6, 6.07) is 0.687. The van der Waals surface area contributed by atoms with E-state index in [1.165, 1.54) is 11.3 Å². The molecule has 124 valence electrons. The maximum Gasteiger partial charge on any atom is 0.418 e. The van der Waals surface area contributed by atoms with Gasteiger partial charge in [0.1, 0.15) is 16.9 Å². The second kappa shape index (κ2) is 5.90. The summed E-state index contributed by atoms with van der Waals surface area (Å²) >= 11 is 6.94. The maximum absolute atomic E-state index is 12.8. The van der Waals surface area contributed by atoms with Crippen LogP contribution in [-0.4, -0.2) is 16.2 Å². The second-order valence-electron chi connectivity index (χ2n) is 5.06. The number of epoxide rings is 1. The molecule has 23 heavy (non-hydrogen) atoms. The van der Waals surface area contributed by atoms with Crippen LogP contribution in [0.15, 0.2) is 18.5 Å². The normalized spacial score (nSPS) is 22.0. The molecule has 0 spiro atoms. The first-order chi connectivity index (χ1) is 10.8. The van der Waals surface area contributed by atoms with E-state index in [2.05, 4.69) is 15.3 Å². The van der Waals surface area contributed by atoms with E-state index < -0.39 is 23.0 Å². The van der Waals surface area contributed by atoms with Gasteiger partial charge in [-0.2, -0.15) is 13.2 Å². The Morgan fingerprint density at radius 2 is 2.13 bits per heavy atom. The molecule has 0 bridgehead atoms. The van der Waals surface area contributed by atoms with Gasteiger partial charge in [0.15, 0.2) is 6.23 Å². The zero-order chi connectivity index (χ0) is 16.8. The predicted molar refractivity (Wildman–Crippen MR) is 80.2 cm³/mol. The van der Waals surface area contributed by atoms with Crippen molar-refractivity contribution >= 4 is 28.8 Å². The number of aromatic nitrogens is 2. The standard InChI is InChI=1S/C13H12ClF3N4OS/c1-5(18)12-20-4-8(23-12)10-11(22-10)21-9-2-6(13(15,16)17)7(14)3-19-9/h2-5,10-11H,18H2,1H3,(H,19,21)/t5-,10?,11?/m0/s1. The lowest BCUT2D eigenvalue weighted by Crippen LogP contribution is -2.10. The van der Waals surface area contributed by atoms with Crippen LogP contribution in [0, 0.1) is 0 Å². The van der Waals surface area contributed by atoms with Crippen molar-refractivity contribution in [1.29, 1.82) is 0 Å². The van der Waals surface area contributed by atoms with Crippen LogP contribution >= 0.6 is 22.9 Å². The summed E-state index contributed by atoms with van der Waals surface area (Å²) in [5, 5.41) is 3.13. The molecule has 10 heteroatoms. The number of thiazole rings is 1. The monoisotopic (exact) mass is 364 g/mol. The molecule has 0 saturated carbocycles. The lowest BCUT2D eigenvalue weighted by molar-refractivity contribution is -0.137. The highest BCUT2D eigenvalue weighted by Crippen LogP contribution is 2.42. The molecule has 1 fully saturated rings. The summed E-state index contributed by atoms with van der Waals surface area (Å²) in [6.07, 6.45) is -2.64. The van der Waals surface area contributed by atoms with Crippen LogP contribution in [0.3, 0.4) is 0 Å². The number of hydrogen-bond donors (Lipinski definition) is 2. The van der Waals surface area contributed by atoms with Crippen LogP contribution in [0.5, 0.6) is 0 Å². The van der Waals surface area contributed by atoms with Crippen LogP contribution in [0.1, 0.15) is 34.5 Å². The fraction of sp³-hybridized carbons (Fsp3) is 0.385. The number of nitrogens with zero attached hydrogens (tertiary/aromatic N) is 2. The first-order valence-corrected chi connectivity index (χ1v) is 7.81. The molecule has 2 unspecified atom stereocenters. The summed E-state index contributed by atoms with van der Waals surface area (Å²) in [6.45, 7) is 1.82. The minimum Gasteiger partial charge on any atom is -0.342 e. The zero-order valence-corrected chi connectivity index (χ0v) is 13.3. The van der Waals surface area contributed by atoms with E-state index in [9.17, 15) is 13.2 Å². The Balaban J connectivity index is 1.69. The second-order valence-corrected chi connectivity index (χ2v) is 6.56. The number of nitrogens with one attached hydrogen (secondary N) is 1. The SMILES string of the molecule is C[C@H](N)c1ncc(C2OC2Nc2cc(C(F)(F)F)c(Cl)cn2)s1. The van der Waals surface area contributed by atoms with Crippen molar-refractivity contribution in [2.45, 2.75) is 31.5 Å². The highest BCUT2D eigenvalue weighted by molar-refractivity contribution is 7.11. The minimum atomic E-state index is -4.54. The van der Waals surface area contributed by atoms with Gasteiger partial charge in [-0.25, -0.2) is 9.97 Å². The van der Waals surface area contributed by atoms with Crippen molar-refractivity contribution in [1.82, 2.24) is 9.97 Å². The molecule has 0 aromatic carbocycles. The number of anilines is 1. The van der Waals surface area contributed by atoms with E-state index >= 15 is 0 Å². The molecule has 3 heterocycles. The maximum atomic E-state index is 12.8. The summed E-state index contributed by atoms with van der Waals surface area (Å²) in [5.74, 6) is 0.0474. The van der Waals surface area contributed by atoms with Gasteiger partial charge in [-0.05, 0) is 13.0 Å². The Labute approximate surface area is 138 Å². The van der Waals surface area contributed by atoms with Crippen molar-refractivity contribution in [3.63, 3.8) is 0 Å². The van der Waals surface area contributed by atoms with Crippen molar-refractivity contribution in [2.24, 2.45) is 5.73 Å². The molecule has 3 atom stereocenters. The molecule has 2 aromatic heterocycles. The molecule has 1 aliphatic heterocycles. The van der Waals surface area contributed by atoms with Gasteiger partial charge in [-0.3, -0.25) is 0 Å². The molecule has 1 aliphatic rings. The van der Waals surface area contributed by atoms with Gasteiger partial charge >= 0.3 is 6.18 Å². The lowest BCUT2D eigenvalue weighted by Gasteiger charge is -2.10. The highest BCUT2D eigenvalue weighted by Gasteiger charge is 2.42. The molecular weight excluding hydrogens is 353 g/mol. The van der Waals surface area contributed by atoms with E-state index in [0.717, 1.165) is 22.1 Å². The Morgan fingerprint density at radius 3 is 2.74 bits per heavy atom. The Kier molecular flexibility index (Phi) is 4.21. The van der Waals surface area contributed by atoms with Crippen LogP contribution in [0.4, 0.5) is 19.0 Å². The quantitative estimate of drug-likeness (QED) is 0.808. The van der Waals surface area contributed by atoms with E-state index in [1.807, 2.05) is 6.92 Å². The molecule has 0 amide bonds. The average molecular weight is 365 g/mol. The fourth-order valence-electron chi connectivity index (χ4n) is 1.96. The summed E-state index contributed by atoms with van der Waals surface area (Å²) < 4.78 is 43.9. The fourth-order valence-corrected chi connectivity index (χ4v) is 3.11. The van der Waals surface area contributed by atoms with E-state index in [4.69, 9.17) is 22.1 Å². The van der Waals surface area contributed by atoms with Gasteiger partial charge in [-0.1, -0.05) is 11.6 Å². The van der Waals surface area contributed by atoms with Gasteiger partial charge in [0.25, 0.3) is 0 Å². The molecule has 2 aromatic rings. The smallest absolute Gasteiger partial charge is 0.342 e. The third-order valence-electron chi connectivity index (χ3n) is 3.15. The molecule has 0 aliphatic carbocycles. The molecule has 3 rings (SSSR count).